The Labute approximate surface area is 430 Å². The summed E-state index contributed by atoms with van der Waals surface area (Å²) < 4.78 is 23.0. The maximum absolute atomic E-state index is 12.9. The molecule has 1 aliphatic heterocycles. The van der Waals surface area contributed by atoms with Crippen molar-refractivity contribution in [1.29, 1.82) is 0 Å². The number of carbonyl (C=O) groups is 1. The van der Waals surface area contributed by atoms with Gasteiger partial charge in [-0.1, -0.05) is 254 Å². The Morgan fingerprint density at radius 3 is 1.31 bits per heavy atom. The molecular formula is C61H110O9. The molecule has 4 N–H and O–H groups in total. The van der Waals surface area contributed by atoms with Gasteiger partial charge in [-0.25, -0.2) is 0 Å². The van der Waals surface area contributed by atoms with E-state index >= 15 is 0 Å². The maximum atomic E-state index is 12.9. The Kier molecular flexibility index (Phi) is 48.7. The van der Waals surface area contributed by atoms with Crippen LogP contribution in [0.25, 0.3) is 0 Å². The van der Waals surface area contributed by atoms with Crippen LogP contribution < -0.4 is 0 Å². The molecule has 9 heteroatoms. The van der Waals surface area contributed by atoms with Gasteiger partial charge < -0.3 is 39.4 Å². The second-order valence-corrected chi connectivity index (χ2v) is 20.1. The zero-order valence-corrected chi connectivity index (χ0v) is 45.3. The normalized spacial score (nSPS) is 19.3. The number of ether oxygens (including phenoxy) is 4. The van der Waals surface area contributed by atoms with Gasteiger partial charge in [0.05, 0.1) is 19.8 Å². The Morgan fingerprint density at radius 2 is 0.871 bits per heavy atom. The summed E-state index contributed by atoms with van der Waals surface area (Å²) in [5.74, 6) is -0.311. The van der Waals surface area contributed by atoms with Crippen molar-refractivity contribution >= 4 is 5.97 Å². The second-order valence-electron chi connectivity index (χ2n) is 20.1. The molecule has 0 aromatic carbocycles. The van der Waals surface area contributed by atoms with Gasteiger partial charge in [0.25, 0.3) is 0 Å². The lowest BCUT2D eigenvalue weighted by atomic mass is 9.99. The highest BCUT2D eigenvalue weighted by molar-refractivity contribution is 5.69. The zero-order chi connectivity index (χ0) is 50.6. The average Bonchev–Trinajstić information content (AvgIpc) is 3.36. The molecule has 0 aromatic heterocycles. The van der Waals surface area contributed by atoms with Crippen LogP contribution in [0.5, 0.6) is 0 Å². The van der Waals surface area contributed by atoms with Crippen molar-refractivity contribution < 1.29 is 44.2 Å². The number of aliphatic hydroxyl groups excluding tert-OH is 4. The molecule has 408 valence electrons. The third kappa shape index (κ3) is 41.4. The summed E-state index contributed by atoms with van der Waals surface area (Å²) in [7, 11) is 0. The van der Waals surface area contributed by atoms with Crippen molar-refractivity contribution in [2.24, 2.45) is 0 Å². The van der Waals surface area contributed by atoms with Gasteiger partial charge in [0.1, 0.15) is 30.5 Å². The standard InChI is InChI=1S/C61H110O9/c1-3-5-7-9-11-13-15-17-19-21-23-25-26-27-28-29-31-33-35-37-39-41-43-45-47-49-51-67-53-55(54-68-61-60(66)59(65)58(64)56(52-62)70-61)69-57(63)50-48-46-44-42-40-38-36-34-32-30-24-22-20-18-16-14-12-10-8-6-4-2/h5,7,11,13,17,19,23,25,27-28,55-56,58-62,64-66H,3-4,6,8-10,12,14-16,18,20-22,24,26,29-54H2,1-2H3/b7-5-,13-11-,19-17-,25-23-,28-27-. The van der Waals surface area contributed by atoms with Crippen molar-refractivity contribution in [1.82, 2.24) is 0 Å². The van der Waals surface area contributed by atoms with Crippen LogP contribution in [-0.2, 0) is 23.7 Å². The largest absolute Gasteiger partial charge is 0.457 e. The van der Waals surface area contributed by atoms with Crippen LogP contribution >= 0.6 is 0 Å². The van der Waals surface area contributed by atoms with Gasteiger partial charge in [-0.15, -0.1) is 0 Å². The van der Waals surface area contributed by atoms with E-state index in [0.717, 1.165) is 64.2 Å². The van der Waals surface area contributed by atoms with E-state index in [1.54, 1.807) is 0 Å². The lowest BCUT2D eigenvalue weighted by Crippen LogP contribution is -2.59. The van der Waals surface area contributed by atoms with Crippen LogP contribution in [0.1, 0.15) is 258 Å². The topological polar surface area (TPSA) is 135 Å². The van der Waals surface area contributed by atoms with Crippen molar-refractivity contribution in [3.63, 3.8) is 0 Å². The number of allylic oxidation sites excluding steroid dienone is 10. The van der Waals surface area contributed by atoms with E-state index in [-0.39, 0.29) is 19.2 Å². The molecule has 0 saturated carbocycles. The van der Waals surface area contributed by atoms with Crippen LogP contribution in [0.3, 0.4) is 0 Å². The van der Waals surface area contributed by atoms with E-state index in [1.807, 2.05) is 0 Å². The highest BCUT2D eigenvalue weighted by Gasteiger charge is 2.44. The van der Waals surface area contributed by atoms with Crippen LogP contribution in [0, 0.1) is 0 Å². The minimum Gasteiger partial charge on any atom is -0.457 e. The monoisotopic (exact) mass is 987 g/mol. The quantitative estimate of drug-likeness (QED) is 0.0267. The van der Waals surface area contributed by atoms with E-state index in [9.17, 15) is 25.2 Å². The first kappa shape index (κ1) is 65.9. The lowest BCUT2D eigenvalue weighted by molar-refractivity contribution is -0.305. The third-order valence-corrected chi connectivity index (χ3v) is 13.4. The molecule has 0 amide bonds. The summed E-state index contributed by atoms with van der Waals surface area (Å²) in [6.45, 7) is 4.48. The number of aliphatic hydroxyl groups is 4. The number of hydrogen-bond donors (Lipinski definition) is 4. The van der Waals surface area contributed by atoms with Crippen LogP contribution in [-0.4, -0.2) is 89.6 Å². The number of rotatable bonds is 51. The molecule has 9 nitrogen and oxygen atoms in total. The molecule has 6 atom stereocenters. The predicted octanol–water partition coefficient (Wildman–Crippen LogP) is 15.4. The molecule has 0 aliphatic carbocycles. The second kappa shape index (κ2) is 51.8. The minimum absolute atomic E-state index is 0.114. The molecule has 1 aliphatic rings. The fourth-order valence-corrected chi connectivity index (χ4v) is 8.93. The lowest BCUT2D eigenvalue weighted by Gasteiger charge is -2.39. The van der Waals surface area contributed by atoms with E-state index in [2.05, 4.69) is 74.6 Å². The maximum Gasteiger partial charge on any atom is 0.306 e. The van der Waals surface area contributed by atoms with E-state index in [0.29, 0.717) is 13.0 Å². The van der Waals surface area contributed by atoms with Crippen molar-refractivity contribution in [2.75, 3.05) is 26.4 Å². The van der Waals surface area contributed by atoms with Gasteiger partial charge in [-0.3, -0.25) is 4.79 Å². The Bertz CT molecular complexity index is 1260. The molecule has 1 saturated heterocycles. The van der Waals surface area contributed by atoms with Crippen LogP contribution in [0.2, 0.25) is 0 Å². The fraction of sp³-hybridized carbons (Fsp3) is 0.820. The van der Waals surface area contributed by atoms with Gasteiger partial charge in [-0.05, 0) is 57.8 Å². The van der Waals surface area contributed by atoms with Crippen molar-refractivity contribution in [2.45, 2.75) is 295 Å². The molecule has 70 heavy (non-hydrogen) atoms. The zero-order valence-electron chi connectivity index (χ0n) is 45.3. The minimum atomic E-state index is -1.54. The van der Waals surface area contributed by atoms with Gasteiger partial charge in [0, 0.05) is 13.0 Å². The summed E-state index contributed by atoms with van der Waals surface area (Å²) in [6.07, 6.45) is 61.2. The van der Waals surface area contributed by atoms with Crippen molar-refractivity contribution in [3.8, 4) is 0 Å². The SMILES string of the molecule is CC/C=C\C/C=C\C/C=C\C/C=C\C/C=C\CCCCCCCCCCCCOCC(COC1OC(CO)C(O)C(O)C1O)OC(=O)CCCCCCCCCCCCCCCCCCCCCCC. The average molecular weight is 988 g/mol. The summed E-state index contributed by atoms with van der Waals surface area (Å²) in [4.78, 5) is 12.9. The Morgan fingerprint density at radius 1 is 0.471 bits per heavy atom. The Balaban J connectivity index is 2.15. The molecule has 0 aromatic rings. The Hall–Kier alpha value is -2.11. The highest BCUT2D eigenvalue weighted by Crippen LogP contribution is 2.23. The number of carbonyl (C=O) groups excluding carboxylic acids is 1. The molecule has 0 spiro atoms. The highest BCUT2D eigenvalue weighted by atomic mass is 16.7. The fourth-order valence-electron chi connectivity index (χ4n) is 8.93. The van der Waals surface area contributed by atoms with Gasteiger partial charge in [-0.2, -0.15) is 0 Å². The number of esters is 1. The summed E-state index contributed by atoms with van der Waals surface area (Å²) >= 11 is 0. The van der Waals surface area contributed by atoms with E-state index in [4.69, 9.17) is 18.9 Å². The van der Waals surface area contributed by atoms with E-state index in [1.165, 1.54) is 173 Å². The van der Waals surface area contributed by atoms with Gasteiger partial charge >= 0.3 is 5.97 Å². The first-order valence-corrected chi connectivity index (χ1v) is 29.4. The van der Waals surface area contributed by atoms with Crippen LogP contribution in [0.15, 0.2) is 60.8 Å². The first-order valence-electron chi connectivity index (χ1n) is 29.4. The van der Waals surface area contributed by atoms with Crippen LogP contribution in [0.4, 0.5) is 0 Å². The first-order chi connectivity index (χ1) is 34.4. The molecular weight excluding hydrogens is 877 g/mol. The summed E-state index contributed by atoms with van der Waals surface area (Å²) in [5.41, 5.74) is 0. The van der Waals surface area contributed by atoms with Crippen molar-refractivity contribution in [3.05, 3.63) is 60.8 Å². The molecule has 6 unspecified atom stereocenters. The van der Waals surface area contributed by atoms with Gasteiger partial charge in [0.2, 0.25) is 0 Å². The predicted molar refractivity (Wildman–Crippen MR) is 293 cm³/mol. The van der Waals surface area contributed by atoms with E-state index < -0.39 is 43.4 Å². The molecule has 1 fully saturated rings. The molecule has 1 rings (SSSR count). The molecule has 0 radical (unpaired) electrons. The smallest absolute Gasteiger partial charge is 0.306 e. The molecule has 1 heterocycles. The third-order valence-electron chi connectivity index (χ3n) is 13.4. The summed E-state index contributed by atoms with van der Waals surface area (Å²) in [5, 5.41) is 40.4. The number of hydrogen-bond acceptors (Lipinski definition) is 9. The van der Waals surface area contributed by atoms with Gasteiger partial charge in [0.15, 0.2) is 6.29 Å². The molecule has 0 bridgehead atoms. The summed E-state index contributed by atoms with van der Waals surface area (Å²) in [6, 6.07) is 0. The number of unbranched alkanes of at least 4 members (excludes halogenated alkanes) is 30.